The summed E-state index contributed by atoms with van der Waals surface area (Å²) in [4.78, 5) is 22.6. The van der Waals surface area contributed by atoms with E-state index in [9.17, 15) is 4.79 Å². The highest BCUT2D eigenvalue weighted by molar-refractivity contribution is 6.45. The minimum absolute atomic E-state index is 0.181. The summed E-state index contributed by atoms with van der Waals surface area (Å²) in [5.41, 5.74) is 4.20. The second-order valence-corrected chi connectivity index (χ2v) is 5.98. The third kappa shape index (κ3) is 5.09. The maximum Gasteiger partial charge on any atom is 0.273 e. The molecule has 0 aromatic heterocycles. The van der Waals surface area contributed by atoms with Gasteiger partial charge in [0.25, 0.3) is 5.91 Å². The average Bonchev–Trinajstić information content (AvgIpc) is 2.72. The van der Waals surface area contributed by atoms with Gasteiger partial charge in [-0.1, -0.05) is 40.6 Å². The van der Waals surface area contributed by atoms with E-state index in [0.717, 1.165) is 22.4 Å². The van der Waals surface area contributed by atoms with E-state index < -0.39 is 0 Å². The maximum atomic E-state index is 12.2. The first-order valence-electron chi connectivity index (χ1n) is 8.74. The van der Waals surface area contributed by atoms with Crippen molar-refractivity contribution in [3.63, 3.8) is 0 Å². The van der Waals surface area contributed by atoms with E-state index in [-0.39, 0.29) is 18.2 Å². The normalized spacial score (nSPS) is 11.8. The predicted molar refractivity (Wildman–Crippen MR) is 109 cm³/mol. The fourth-order valence-corrected chi connectivity index (χ4v) is 2.63. The summed E-state index contributed by atoms with van der Waals surface area (Å²) in [6.07, 6.45) is 0. The number of methoxy groups -OCH3 is 1. The van der Waals surface area contributed by atoms with Crippen LogP contribution in [-0.4, -0.2) is 38.6 Å². The van der Waals surface area contributed by atoms with E-state index >= 15 is 0 Å². The van der Waals surface area contributed by atoms with Gasteiger partial charge in [-0.25, -0.2) is 0 Å². The van der Waals surface area contributed by atoms with Crippen molar-refractivity contribution in [3.8, 4) is 5.75 Å². The fourth-order valence-electron chi connectivity index (χ4n) is 2.63. The van der Waals surface area contributed by atoms with Gasteiger partial charge in [0.2, 0.25) is 0 Å². The number of amides is 1. The number of nitrogens with one attached hydrogen (secondary N) is 1. The molecule has 0 saturated heterocycles. The molecular formula is C21H25N3O4. The van der Waals surface area contributed by atoms with Crippen LogP contribution < -0.4 is 10.1 Å². The minimum Gasteiger partial charge on any atom is -0.497 e. The molecule has 1 amide bonds. The first-order valence-corrected chi connectivity index (χ1v) is 8.74. The van der Waals surface area contributed by atoms with Gasteiger partial charge in [-0.3, -0.25) is 4.79 Å². The van der Waals surface area contributed by atoms with Crippen LogP contribution in [0.4, 0.5) is 0 Å². The van der Waals surface area contributed by atoms with Crippen molar-refractivity contribution >= 4 is 17.3 Å². The summed E-state index contributed by atoms with van der Waals surface area (Å²) in [5.74, 6) is 0.406. The molecule has 0 aliphatic rings. The molecule has 0 fully saturated rings. The molecule has 7 heteroatoms. The van der Waals surface area contributed by atoms with Crippen molar-refractivity contribution in [2.75, 3.05) is 21.3 Å². The van der Waals surface area contributed by atoms with Crippen LogP contribution in [0.3, 0.4) is 0 Å². The number of carbonyl (C=O) groups excluding carboxylic acids is 1. The van der Waals surface area contributed by atoms with Crippen molar-refractivity contribution in [2.45, 2.75) is 20.5 Å². The van der Waals surface area contributed by atoms with Crippen molar-refractivity contribution < 1.29 is 19.2 Å². The zero-order valence-electron chi connectivity index (χ0n) is 16.8. The molecule has 0 aliphatic heterocycles. The summed E-state index contributed by atoms with van der Waals surface area (Å²) in [7, 11) is 4.56. The van der Waals surface area contributed by atoms with Gasteiger partial charge >= 0.3 is 0 Å². The van der Waals surface area contributed by atoms with Gasteiger partial charge < -0.3 is 19.7 Å². The quantitative estimate of drug-likeness (QED) is 0.561. The second kappa shape index (κ2) is 10.1. The summed E-state index contributed by atoms with van der Waals surface area (Å²) < 4.78 is 5.23. The Hall–Kier alpha value is -3.35. The Morgan fingerprint density at radius 1 is 1.11 bits per heavy atom. The van der Waals surface area contributed by atoms with Crippen LogP contribution >= 0.6 is 0 Å². The number of rotatable bonds is 8. The Labute approximate surface area is 165 Å². The number of oxime groups is 2. The van der Waals surface area contributed by atoms with Gasteiger partial charge in [0.15, 0.2) is 5.71 Å². The molecular weight excluding hydrogens is 358 g/mol. The number of likely N-dealkylation sites (N-methyl/N-ethyl adjacent to an activating group) is 1. The number of ether oxygens (including phenoxy) is 1. The molecule has 1 N–H and O–H groups in total. The molecule has 2 rings (SSSR count). The van der Waals surface area contributed by atoms with Gasteiger partial charge in [0, 0.05) is 23.7 Å². The van der Waals surface area contributed by atoms with E-state index in [0.29, 0.717) is 11.3 Å². The van der Waals surface area contributed by atoms with E-state index in [1.807, 2.05) is 50.2 Å². The van der Waals surface area contributed by atoms with Gasteiger partial charge in [0.05, 0.1) is 12.8 Å². The summed E-state index contributed by atoms with van der Waals surface area (Å²) in [6.45, 7) is 3.98. The SMILES string of the molecule is CNC(=O)/C(=N/OC)c1cccc(C)c1CO/N=C(\C)c1cccc(OC)c1. The van der Waals surface area contributed by atoms with E-state index in [1.165, 1.54) is 7.11 Å². The molecule has 0 aliphatic carbocycles. The zero-order valence-corrected chi connectivity index (χ0v) is 16.8. The number of hydrogen-bond acceptors (Lipinski definition) is 6. The Bertz CT molecular complexity index is 891. The number of aryl methyl sites for hydroxylation is 1. The molecule has 0 unspecified atom stereocenters. The smallest absolute Gasteiger partial charge is 0.273 e. The van der Waals surface area contributed by atoms with Crippen LogP contribution in [0.2, 0.25) is 0 Å². The van der Waals surface area contributed by atoms with Gasteiger partial charge in [-0.05, 0) is 31.5 Å². The van der Waals surface area contributed by atoms with Crippen molar-refractivity contribution in [1.29, 1.82) is 0 Å². The van der Waals surface area contributed by atoms with Crippen LogP contribution in [0, 0.1) is 6.92 Å². The minimum atomic E-state index is -0.343. The molecule has 148 valence electrons. The lowest BCUT2D eigenvalue weighted by atomic mass is 9.98. The van der Waals surface area contributed by atoms with Crippen molar-refractivity contribution in [2.24, 2.45) is 10.3 Å². The lowest BCUT2D eigenvalue weighted by Gasteiger charge is -2.13. The largest absolute Gasteiger partial charge is 0.497 e. The van der Waals surface area contributed by atoms with Crippen molar-refractivity contribution in [1.82, 2.24) is 5.32 Å². The number of nitrogens with zero attached hydrogens (tertiary/aromatic N) is 2. The first kappa shape index (κ1) is 21.0. The highest BCUT2D eigenvalue weighted by Crippen LogP contribution is 2.18. The van der Waals surface area contributed by atoms with Crippen molar-refractivity contribution in [3.05, 3.63) is 64.7 Å². The van der Waals surface area contributed by atoms with Crippen LogP contribution in [0.25, 0.3) is 0 Å². The summed E-state index contributed by atoms with van der Waals surface area (Å²) >= 11 is 0. The molecule has 0 saturated carbocycles. The van der Waals surface area contributed by atoms with Gasteiger partial charge in [-0.15, -0.1) is 0 Å². The highest BCUT2D eigenvalue weighted by atomic mass is 16.6. The number of benzene rings is 2. The topological polar surface area (TPSA) is 81.5 Å². The standard InChI is InChI=1S/C21H25N3O4/c1-14-8-6-11-18(20(24-27-5)21(25)22-3)19(14)13-28-23-15(2)16-9-7-10-17(12-16)26-4/h6-12H,13H2,1-5H3,(H,22,25)/b23-15+,24-20+. The lowest BCUT2D eigenvalue weighted by Crippen LogP contribution is -2.29. The molecule has 0 spiro atoms. The summed E-state index contributed by atoms with van der Waals surface area (Å²) in [5, 5.41) is 10.7. The van der Waals surface area contributed by atoms with Crippen LogP contribution in [0.5, 0.6) is 5.75 Å². The average molecular weight is 383 g/mol. The third-order valence-electron chi connectivity index (χ3n) is 4.19. The van der Waals surface area contributed by atoms with E-state index in [2.05, 4.69) is 15.6 Å². The fraction of sp³-hybridized carbons (Fsp3) is 0.286. The van der Waals surface area contributed by atoms with Gasteiger partial charge in [0.1, 0.15) is 19.5 Å². The molecule has 0 atom stereocenters. The second-order valence-electron chi connectivity index (χ2n) is 5.98. The first-order chi connectivity index (χ1) is 13.5. The Morgan fingerprint density at radius 2 is 1.86 bits per heavy atom. The third-order valence-corrected chi connectivity index (χ3v) is 4.19. The summed E-state index contributed by atoms with van der Waals surface area (Å²) in [6, 6.07) is 13.2. The molecule has 0 radical (unpaired) electrons. The zero-order chi connectivity index (χ0) is 20.5. The van der Waals surface area contributed by atoms with E-state index in [1.54, 1.807) is 20.2 Å². The lowest BCUT2D eigenvalue weighted by molar-refractivity contribution is -0.114. The Balaban J connectivity index is 2.26. The molecule has 7 nitrogen and oxygen atoms in total. The number of carbonyl (C=O) groups is 1. The molecule has 2 aromatic carbocycles. The molecule has 0 heterocycles. The monoisotopic (exact) mass is 383 g/mol. The Morgan fingerprint density at radius 3 is 2.54 bits per heavy atom. The number of hydrogen-bond donors (Lipinski definition) is 1. The predicted octanol–water partition coefficient (Wildman–Crippen LogP) is 3.04. The maximum absolute atomic E-state index is 12.2. The van der Waals surface area contributed by atoms with Crippen LogP contribution in [0.1, 0.15) is 29.2 Å². The Kier molecular flexibility index (Phi) is 7.56. The van der Waals surface area contributed by atoms with Crippen LogP contribution in [0.15, 0.2) is 52.8 Å². The molecule has 28 heavy (non-hydrogen) atoms. The molecule has 0 bridgehead atoms. The van der Waals surface area contributed by atoms with Crippen LogP contribution in [-0.2, 0) is 21.1 Å². The molecule has 2 aromatic rings. The van der Waals surface area contributed by atoms with E-state index in [4.69, 9.17) is 14.4 Å². The van der Waals surface area contributed by atoms with Gasteiger partial charge in [-0.2, -0.15) is 0 Å². The highest BCUT2D eigenvalue weighted by Gasteiger charge is 2.19.